The molecule has 1 rings (SSSR count). The molecule has 0 bridgehead atoms. The van der Waals surface area contributed by atoms with Gasteiger partial charge in [0.2, 0.25) is 0 Å². The van der Waals surface area contributed by atoms with Crippen LogP contribution in [-0.4, -0.2) is 68.1 Å². The van der Waals surface area contributed by atoms with E-state index in [9.17, 15) is 9.46 Å². The van der Waals surface area contributed by atoms with Gasteiger partial charge in [-0.15, -0.1) is 0 Å². The van der Waals surface area contributed by atoms with Crippen molar-refractivity contribution in [2.45, 2.75) is 116 Å². The van der Waals surface area contributed by atoms with E-state index < -0.39 is 7.82 Å². The number of likely N-dealkylation sites (N-methyl/N-ethyl adjacent to an activating group) is 1. The zero-order chi connectivity index (χ0) is 28.0. The Morgan fingerprint density at radius 2 is 1.32 bits per heavy atom. The van der Waals surface area contributed by atoms with Crippen LogP contribution in [0.4, 0.5) is 0 Å². The van der Waals surface area contributed by atoms with Crippen LogP contribution in [0.2, 0.25) is 0 Å². The second-order valence-electron chi connectivity index (χ2n) is 11.6. The number of ether oxygens (including phenoxy) is 1. The van der Waals surface area contributed by atoms with Crippen LogP contribution < -0.4 is 4.89 Å². The molecule has 0 aliphatic heterocycles. The van der Waals surface area contributed by atoms with Gasteiger partial charge in [0.1, 0.15) is 13.2 Å². The summed E-state index contributed by atoms with van der Waals surface area (Å²) in [5, 5.41) is 0. The Morgan fingerprint density at radius 3 is 1.79 bits per heavy atom. The average Bonchev–Trinajstić information content (AvgIpc) is 3.39. The van der Waals surface area contributed by atoms with Crippen LogP contribution in [0.5, 0.6) is 0 Å². The van der Waals surface area contributed by atoms with E-state index in [1.54, 1.807) is 18.7 Å². The van der Waals surface area contributed by atoms with Crippen LogP contribution in [-0.2, 0) is 18.3 Å². The highest BCUT2D eigenvalue weighted by atomic mass is 31.2. The highest BCUT2D eigenvalue weighted by Crippen LogP contribution is 2.39. The summed E-state index contributed by atoms with van der Waals surface area (Å²) in [6, 6.07) is -0.275. The summed E-state index contributed by atoms with van der Waals surface area (Å²) in [4.78, 5) is 16.2. The zero-order valence-corrected chi connectivity index (χ0v) is 25.9. The fourth-order valence-corrected chi connectivity index (χ4v) is 5.05. The van der Waals surface area contributed by atoms with E-state index in [-0.39, 0.29) is 19.3 Å². The van der Waals surface area contributed by atoms with Crippen molar-refractivity contribution < 1.29 is 27.7 Å². The minimum atomic E-state index is -4.36. The van der Waals surface area contributed by atoms with E-state index in [0.717, 1.165) is 6.42 Å². The number of hydrogen-bond donors (Lipinski definition) is 0. The Bertz CT molecular complexity index is 697. The third-order valence-corrected chi connectivity index (χ3v) is 7.80. The molecule has 0 saturated heterocycles. The molecule has 1 heterocycles. The van der Waals surface area contributed by atoms with Crippen molar-refractivity contribution in [2.75, 3.05) is 54.1 Å². The van der Waals surface area contributed by atoms with Crippen LogP contribution in [0.3, 0.4) is 0 Å². The number of phosphoric ester groups is 1. The first-order valence-corrected chi connectivity index (χ1v) is 16.7. The molecule has 8 nitrogen and oxygen atoms in total. The van der Waals surface area contributed by atoms with Gasteiger partial charge in [-0.3, -0.25) is 4.57 Å². The largest absolute Gasteiger partial charge is 0.756 e. The molecular weight excluding hydrogens is 501 g/mol. The first-order valence-electron chi connectivity index (χ1n) is 15.2. The topological polar surface area (TPSA) is 85.6 Å². The summed E-state index contributed by atoms with van der Waals surface area (Å²) in [6.07, 6.45) is 26.6. The average molecular weight is 560 g/mol. The van der Waals surface area contributed by atoms with Crippen molar-refractivity contribution in [3.8, 4) is 0 Å². The summed E-state index contributed by atoms with van der Waals surface area (Å²) in [5.74, 6) is 0. The quantitative estimate of drug-likeness (QED) is 0.0661. The summed E-state index contributed by atoms with van der Waals surface area (Å²) < 4.78 is 30.6. The smallest absolute Gasteiger partial charge is 0.268 e. The summed E-state index contributed by atoms with van der Waals surface area (Å²) in [7, 11) is 1.57. The van der Waals surface area contributed by atoms with Crippen molar-refractivity contribution in [2.24, 2.45) is 0 Å². The van der Waals surface area contributed by atoms with Crippen molar-refractivity contribution in [1.82, 2.24) is 9.55 Å². The zero-order valence-electron chi connectivity index (χ0n) is 25.0. The van der Waals surface area contributed by atoms with Crippen molar-refractivity contribution in [3.05, 3.63) is 18.7 Å². The second-order valence-corrected chi connectivity index (χ2v) is 13.0. The SMILES string of the molecule is CCCCCCCCCCCCCCCCCCOCC(COP(=O)([O-])OCC[N+](C)(C)C)n1ccnc1. The molecule has 0 saturated carbocycles. The lowest BCUT2D eigenvalue weighted by Gasteiger charge is -2.28. The number of aromatic nitrogens is 2. The van der Waals surface area contributed by atoms with Gasteiger partial charge in [-0.1, -0.05) is 103 Å². The van der Waals surface area contributed by atoms with Crippen LogP contribution >= 0.6 is 7.82 Å². The van der Waals surface area contributed by atoms with Gasteiger partial charge < -0.3 is 27.7 Å². The molecule has 224 valence electrons. The molecule has 2 unspecified atom stereocenters. The Labute approximate surface area is 233 Å². The molecule has 0 spiro atoms. The molecule has 9 heteroatoms. The molecule has 0 amide bonds. The van der Waals surface area contributed by atoms with Gasteiger partial charge in [0.05, 0.1) is 46.7 Å². The normalized spacial score (nSPS) is 14.6. The van der Waals surface area contributed by atoms with Gasteiger partial charge in [0.25, 0.3) is 7.82 Å². The maximum Gasteiger partial charge on any atom is 0.268 e. The molecule has 0 N–H and O–H groups in total. The minimum absolute atomic E-state index is 0.0412. The van der Waals surface area contributed by atoms with Crippen LogP contribution in [0, 0.1) is 0 Å². The number of quaternary nitrogens is 1. The first-order chi connectivity index (χ1) is 18.2. The fraction of sp³-hybridized carbons (Fsp3) is 0.897. The Kier molecular flexibility index (Phi) is 20.4. The molecule has 0 radical (unpaired) electrons. The molecule has 0 aromatic carbocycles. The van der Waals surface area contributed by atoms with Gasteiger partial charge in [0.15, 0.2) is 0 Å². The van der Waals surface area contributed by atoms with Crippen molar-refractivity contribution in [3.63, 3.8) is 0 Å². The predicted molar refractivity (Wildman–Crippen MR) is 154 cm³/mol. The molecule has 0 aliphatic carbocycles. The van der Waals surface area contributed by atoms with Gasteiger partial charge in [0, 0.05) is 19.0 Å². The number of imidazole rings is 1. The highest BCUT2D eigenvalue weighted by Gasteiger charge is 2.18. The summed E-state index contributed by atoms with van der Waals surface area (Å²) in [5.41, 5.74) is 0. The van der Waals surface area contributed by atoms with Crippen LogP contribution in [0.15, 0.2) is 18.7 Å². The van der Waals surface area contributed by atoms with E-state index in [2.05, 4.69) is 11.9 Å². The molecule has 38 heavy (non-hydrogen) atoms. The van der Waals surface area contributed by atoms with Gasteiger partial charge in [-0.05, 0) is 6.42 Å². The number of phosphoric acid groups is 1. The molecule has 1 aromatic rings. The lowest BCUT2D eigenvalue weighted by molar-refractivity contribution is -0.870. The van der Waals surface area contributed by atoms with Gasteiger partial charge in [-0.2, -0.15) is 0 Å². The van der Waals surface area contributed by atoms with E-state index in [0.29, 0.717) is 24.2 Å². The Hall–Kier alpha value is -0.760. The minimum Gasteiger partial charge on any atom is -0.756 e. The van der Waals surface area contributed by atoms with E-state index in [1.807, 2.05) is 25.7 Å². The first kappa shape index (κ1) is 35.3. The van der Waals surface area contributed by atoms with Gasteiger partial charge >= 0.3 is 0 Å². The second kappa shape index (κ2) is 22.0. The maximum atomic E-state index is 12.1. The summed E-state index contributed by atoms with van der Waals surface area (Å²) >= 11 is 0. The monoisotopic (exact) mass is 559 g/mol. The molecule has 0 aliphatic rings. The lowest BCUT2D eigenvalue weighted by atomic mass is 10.0. The van der Waals surface area contributed by atoms with Crippen molar-refractivity contribution in [1.29, 1.82) is 0 Å². The number of unbranched alkanes of at least 4 members (excludes halogenated alkanes) is 15. The number of hydrogen-bond acceptors (Lipinski definition) is 6. The van der Waals surface area contributed by atoms with Crippen molar-refractivity contribution >= 4 is 7.82 Å². The standard InChI is InChI=1S/C29H58N3O5P/c1-5-6-7-8-9-10-11-12-13-14-15-16-17-18-19-20-24-35-26-29(31-22-21-30-28-31)27-37-38(33,34)36-25-23-32(2,3)4/h21-22,28-29H,5-20,23-27H2,1-4H3. The fourth-order valence-electron chi connectivity index (χ4n) is 4.32. The number of nitrogens with zero attached hydrogens (tertiary/aromatic N) is 3. The Morgan fingerprint density at radius 1 is 0.789 bits per heavy atom. The highest BCUT2D eigenvalue weighted by molar-refractivity contribution is 7.45. The predicted octanol–water partition coefficient (Wildman–Crippen LogP) is 6.91. The van der Waals surface area contributed by atoms with Gasteiger partial charge in [-0.25, -0.2) is 4.98 Å². The maximum absolute atomic E-state index is 12.1. The summed E-state index contributed by atoms with van der Waals surface area (Å²) in [6.45, 7) is 3.93. The third-order valence-electron chi connectivity index (χ3n) is 6.84. The molecular formula is C29H58N3O5P. The molecule has 1 aromatic heterocycles. The van der Waals surface area contributed by atoms with E-state index >= 15 is 0 Å². The van der Waals surface area contributed by atoms with Crippen LogP contribution in [0.1, 0.15) is 116 Å². The van der Waals surface area contributed by atoms with Crippen LogP contribution in [0.25, 0.3) is 0 Å². The third kappa shape index (κ3) is 21.1. The number of rotatable bonds is 27. The molecule has 0 fully saturated rings. The van der Waals surface area contributed by atoms with E-state index in [1.165, 1.54) is 96.3 Å². The lowest BCUT2D eigenvalue weighted by Crippen LogP contribution is -2.37. The molecule has 2 atom stereocenters. The Balaban J connectivity index is 2.04. The van der Waals surface area contributed by atoms with E-state index in [4.69, 9.17) is 13.8 Å².